The van der Waals surface area contributed by atoms with Crippen molar-refractivity contribution in [3.05, 3.63) is 71.8 Å². The summed E-state index contributed by atoms with van der Waals surface area (Å²) in [5.41, 5.74) is 1.48. The van der Waals surface area contributed by atoms with Crippen LogP contribution in [0.15, 0.2) is 60.7 Å². The zero-order valence-electron chi connectivity index (χ0n) is 24.3. The number of aliphatic hydroxyl groups is 1. The number of ether oxygens (including phenoxy) is 8. The molecule has 0 bridgehead atoms. The van der Waals surface area contributed by atoms with E-state index in [2.05, 4.69) is 0 Å². The lowest BCUT2D eigenvalue weighted by Crippen LogP contribution is -2.67. The lowest BCUT2D eigenvalue weighted by atomic mass is 9.84. The van der Waals surface area contributed by atoms with Crippen LogP contribution in [-0.2, 0) is 69.2 Å². The van der Waals surface area contributed by atoms with Crippen molar-refractivity contribution in [2.75, 3.05) is 55.6 Å². The minimum absolute atomic E-state index is 0.0848. The first kappa shape index (κ1) is 34.7. The number of rotatable bonds is 20. The molecule has 0 heterocycles. The molecule has 0 spiro atoms. The third kappa shape index (κ3) is 10.4. The Hall–Kier alpha value is -1.81. The summed E-state index contributed by atoms with van der Waals surface area (Å²) in [5, 5.41) is 11.5. The van der Waals surface area contributed by atoms with Gasteiger partial charge in [-0.15, -0.1) is 0 Å². The highest BCUT2D eigenvalue weighted by Gasteiger charge is 2.56. The standard InChI is InChI=1S/C28H41O13P/c1-31-17-35-24-23(29)25(36-18-32-2)28(27(38-20-34-4)26(24)37-19-33-3)41-42(30,39-15-21-11-7-5-8-12-21)40-16-22-13-9-6-10-14-22/h5-14,23-29H,15-20H2,1-4H3/t23-,24-,25-,26+,27-,28-/m0/s1. The second-order valence-electron chi connectivity index (χ2n) is 9.18. The Morgan fingerprint density at radius 2 is 0.929 bits per heavy atom. The van der Waals surface area contributed by atoms with Gasteiger partial charge in [0.25, 0.3) is 0 Å². The monoisotopic (exact) mass is 616 g/mol. The fourth-order valence-corrected chi connectivity index (χ4v) is 5.66. The molecule has 0 unspecified atom stereocenters. The smallest absolute Gasteiger partial charge is 0.387 e. The number of hydrogen-bond donors (Lipinski definition) is 1. The number of aliphatic hydroxyl groups excluding tert-OH is 1. The molecular weight excluding hydrogens is 575 g/mol. The molecule has 2 aromatic carbocycles. The fraction of sp³-hybridized carbons (Fsp3) is 0.571. The third-order valence-corrected chi connectivity index (χ3v) is 7.59. The van der Waals surface area contributed by atoms with Gasteiger partial charge in [0, 0.05) is 28.4 Å². The summed E-state index contributed by atoms with van der Waals surface area (Å²) in [4.78, 5) is 0. The molecule has 1 saturated carbocycles. The van der Waals surface area contributed by atoms with Gasteiger partial charge in [-0.05, 0) is 11.1 Å². The highest BCUT2D eigenvalue weighted by atomic mass is 31.2. The van der Waals surface area contributed by atoms with E-state index in [0.29, 0.717) is 0 Å². The molecule has 1 aliphatic rings. The van der Waals surface area contributed by atoms with Gasteiger partial charge in [-0.3, -0.25) is 13.6 Å². The van der Waals surface area contributed by atoms with Gasteiger partial charge in [0.15, 0.2) is 0 Å². The van der Waals surface area contributed by atoms with Crippen molar-refractivity contribution in [2.24, 2.45) is 0 Å². The predicted molar refractivity (Wildman–Crippen MR) is 148 cm³/mol. The van der Waals surface area contributed by atoms with Crippen LogP contribution in [0.25, 0.3) is 0 Å². The summed E-state index contributed by atoms with van der Waals surface area (Å²) in [5.74, 6) is 0. The van der Waals surface area contributed by atoms with E-state index in [-0.39, 0.29) is 40.4 Å². The normalized spacial score (nSPS) is 24.6. The van der Waals surface area contributed by atoms with E-state index in [1.165, 1.54) is 28.4 Å². The second kappa shape index (κ2) is 18.8. The summed E-state index contributed by atoms with van der Waals surface area (Å²) in [6.45, 7) is -0.967. The van der Waals surface area contributed by atoms with Crippen LogP contribution in [-0.4, -0.2) is 97.3 Å². The summed E-state index contributed by atoms with van der Waals surface area (Å²) in [7, 11) is 1.36. The Balaban J connectivity index is 1.98. The Morgan fingerprint density at radius 3 is 1.33 bits per heavy atom. The molecule has 0 aromatic heterocycles. The van der Waals surface area contributed by atoms with Gasteiger partial charge in [0.2, 0.25) is 0 Å². The summed E-state index contributed by atoms with van der Waals surface area (Å²) in [6.07, 6.45) is -7.02. The molecule has 0 radical (unpaired) electrons. The van der Waals surface area contributed by atoms with Crippen molar-refractivity contribution in [3.63, 3.8) is 0 Å². The highest BCUT2D eigenvalue weighted by molar-refractivity contribution is 7.48. The molecular formula is C28H41O13P. The van der Waals surface area contributed by atoms with Crippen molar-refractivity contribution >= 4 is 7.82 Å². The van der Waals surface area contributed by atoms with Gasteiger partial charge in [0.05, 0.1) is 13.2 Å². The number of benzene rings is 2. The fourth-order valence-electron chi connectivity index (χ4n) is 4.31. The van der Waals surface area contributed by atoms with Crippen LogP contribution >= 0.6 is 7.82 Å². The first-order valence-electron chi connectivity index (χ1n) is 13.2. The van der Waals surface area contributed by atoms with Crippen LogP contribution in [0.5, 0.6) is 0 Å². The Labute approximate surface area is 246 Å². The summed E-state index contributed by atoms with van der Waals surface area (Å²) >= 11 is 0. The highest BCUT2D eigenvalue weighted by Crippen LogP contribution is 2.54. The quantitative estimate of drug-likeness (QED) is 0.172. The van der Waals surface area contributed by atoms with Gasteiger partial charge in [-0.1, -0.05) is 60.7 Å². The molecule has 0 amide bonds. The number of phosphoric acid groups is 1. The molecule has 42 heavy (non-hydrogen) atoms. The van der Waals surface area contributed by atoms with Crippen molar-refractivity contribution in [3.8, 4) is 0 Å². The maximum absolute atomic E-state index is 14.3. The molecule has 1 aliphatic carbocycles. The van der Waals surface area contributed by atoms with E-state index in [9.17, 15) is 9.67 Å². The van der Waals surface area contributed by atoms with Crippen LogP contribution in [0.3, 0.4) is 0 Å². The molecule has 0 saturated heterocycles. The number of methoxy groups -OCH3 is 4. The molecule has 236 valence electrons. The first-order valence-corrected chi connectivity index (χ1v) is 14.7. The molecule has 0 aliphatic heterocycles. The van der Waals surface area contributed by atoms with Crippen LogP contribution in [0, 0.1) is 0 Å². The lowest BCUT2D eigenvalue weighted by molar-refractivity contribution is -0.298. The molecule has 1 fully saturated rings. The zero-order valence-corrected chi connectivity index (χ0v) is 25.2. The second-order valence-corrected chi connectivity index (χ2v) is 10.8. The van der Waals surface area contributed by atoms with Crippen LogP contribution in [0.2, 0.25) is 0 Å². The molecule has 14 heteroatoms. The Bertz CT molecular complexity index is 983. The van der Waals surface area contributed by atoms with Crippen molar-refractivity contribution < 1.29 is 61.1 Å². The molecule has 6 atom stereocenters. The van der Waals surface area contributed by atoms with Crippen molar-refractivity contribution in [1.82, 2.24) is 0 Å². The van der Waals surface area contributed by atoms with Gasteiger partial charge in [-0.25, -0.2) is 4.57 Å². The van der Waals surface area contributed by atoms with Gasteiger partial charge in [-0.2, -0.15) is 0 Å². The SMILES string of the molecule is COCO[C@@H]1[C@@H](OP(=O)(OCc2ccccc2)OCc2ccccc2)[C@@H](OCOC)[C@@H](O)[C@H](OCOC)[C@H]1OCOC. The molecule has 13 nitrogen and oxygen atoms in total. The molecule has 3 rings (SSSR count). The number of phosphoric ester groups is 1. The predicted octanol–water partition coefficient (Wildman–Crippen LogP) is 3.24. The zero-order chi connectivity index (χ0) is 30.2. The molecule has 1 N–H and O–H groups in total. The van der Waals surface area contributed by atoms with E-state index in [4.69, 9.17) is 51.5 Å². The van der Waals surface area contributed by atoms with Gasteiger partial charge in [0.1, 0.15) is 63.8 Å². The minimum Gasteiger partial charge on any atom is -0.387 e. The van der Waals surface area contributed by atoms with Crippen molar-refractivity contribution in [2.45, 2.75) is 49.8 Å². The van der Waals surface area contributed by atoms with E-state index in [1.54, 1.807) is 0 Å². The lowest BCUT2D eigenvalue weighted by Gasteiger charge is -2.47. The van der Waals surface area contributed by atoms with Gasteiger partial charge < -0.3 is 43.0 Å². The van der Waals surface area contributed by atoms with Crippen molar-refractivity contribution in [1.29, 1.82) is 0 Å². The van der Waals surface area contributed by atoms with E-state index in [1.807, 2.05) is 60.7 Å². The first-order chi connectivity index (χ1) is 20.5. The Kier molecular flexibility index (Phi) is 15.5. The van der Waals surface area contributed by atoms with Crippen LogP contribution in [0.4, 0.5) is 0 Å². The van der Waals surface area contributed by atoms with Crippen LogP contribution in [0.1, 0.15) is 11.1 Å². The maximum atomic E-state index is 14.3. The third-order valence-electron chi connectivity index (χ3n) is 6.20. The maximum Gasteiger partial charge on any atom is 0.475 e. The summed E-state index contributed by atoms with van der Waals surface area (Å²) in [6, 6.07) is 18.3. The number of hydrogen-bond acceptors (Lipinski definition) is 13. The minimum atomic E-state index is -4.38. The van der Waals surface area contributed by atoms with E-state index < -0.39 is 44.4 Å². The largest absolute Gasteiger partial charge is 0.475 e. The average molecular weight is 617 g/mol. The van der Waals surface area contributed by atoms with Crippen LogP contribution < -0.4 is 0 Å². The average Bonchev–Trinajstić information content (AvgIpc) is 3.02. The van der Waals surface area contributed by atoms with E-state index >= 15 is 0 Å². The topological polar surface area (TPSA) is 139 Å². The van der Waals surface area contributed by atoms with Gasteiger partial charge >= 0.3 is 7.82 Å². The Morgan fingerprint density at radius 1 is 0.571 bits per heavy atom. The summed E-state index contributed by atoms with van der Waals surface area (Å²) < 4.78 is 76.1. The molecule has 2 aromatic rings. The van der Waals surface area contributed by atoms with E-state index in [0.717, 1.165) is 11.1 Å².